The first-order valence-electron chi connectivity index (χ1n) is 6.43. The largest absolute Gasteiger partial charge is 0.501 e. The monoisotopic (exact) mass is 230 g/mol. The molecule has 0 bridgehead atoms. The molecule has 2 aliphatic rings. The van der Waals surface area contributed by atoms with E-state index in [0.717, 1.165) is 36.5 Å². The third kappa shape index (κ3) is 2.37. The summed E-state index contributed by atoms with van der Waals surface area (Å²) < 4.78 is 5.29. The third-order valence-electron chi connectivity index (χ3n) is 3.59. The van der Waals surface area contributed by atoms with Gasteiger partial charge in [0.1, 0.15) is 6.10 Å². The fourth-order valence-electron chi connectivity index (χ4n) is 2.40. The summed E-state index contributed by atoms with van der Waals surface area (Å²) >= 11 is 0. The Labute approximate surface area is 102 Å². The van der Waals surface area contributed by atoms with E-state index in [1.165, 1.54) is 18.4 Å². The van der Waals surface area contributed by atoms with E-state index in [1.807, 2.05) is 6.07 Å². The molecular weight excluding hydrogens is 212 g/mol. The normalized spacial score (nSPS) is 21.6. The zero-order chi connectivity index (χ0) is 11.7. The second-order valence-corrected chi connectivity index (χ2v) is 5.01. The Morgan fingerprint density at radius 3 is 2.88 bits per heavy atom. The van der Waals surface area contributed by atoms with Crippen LogP contribution in [0.2, 0.25) is 0 Å². The number of benzene rings is 1. The molecule has 2 nitrogen and oxygen atoms in total. The van der Waals surface area contributed by atoms with Gasteiger partial charge in [-0.3, -0.25) is 0 Å². The fourth-order valence-corrected chi connectivity index (χ4v) is 2.40. The van der Waals surface area contributed by atoms with Crippen LogP contribution >= 0.6 is 0 Å². The maximum atomic E-state index is 10.3. The van der Waals surface area contributed by atoms with Crippen LogP contribution in [0.3, 0.4) is 0 Å². The van der Waals surface area contributed by atoms with Crippen LogP contribution in [-0.4, -0.2) is 11.7 Å². The first-order chi connectivity index (χ1) is 8.34. The van der Waals surface area contributed by atoms with E-state index in [0.29, 0.717) is 0 Å². The van der Waals surface area contributed by atoms with Gasteiger partial charge >= 0.3 is 0 Å². The Kier molecular flexibility index (Phi) is 2.89. The number of rotatable bonds is 3. The highest BCUT2D eigenvalue weighted by molar-refractivity contribution is 5.33. The van der Waals surface area contributed by atoms with Gasteiger partial charge < -0.3 is 9.84 Å². The van der Waals surface area contributed by atoms with Crippen molar-refractivity contribution in [3.8, 4) is 0 Å². The zero-order valence-corrected chi connectivity index (χ0v) is 9.93. The first kappa shape index (κ1) is 10.8. The third-order valence-corrected chi connectivity index (χ3v) is 3.59. The van der Waals surface area contributed by atoms with E-state index >= 15 is 0 Å². The molecule has 0 radical (unpaired) electrons. The molecule has 1 unspecified atom stereocenters. The Hall–Kier alpha value is -1.28. The summed E-state index contributed by atoms with van der Waals surface area (Å²) in [6, 6.07) is 8.37. The highest BCUT2D eigenvalue weighted by Gasteiger charge is 2.24. The van der Waals surface area contributed by atoms with Crippen LogP contribution < -0.4 is 0 Å². The van der Waals surface area contributed by atoms with Gasteiger partial charge in [0.2, 0.25) is 0 Å². The van der Waals surface area contributed by atoms with Gasteiger partial charge in [-0.05, 0) is 48.3 Å². The van der Waals surface area contributed by atoms with Crippen LogP contribution in [0.25, 0.3) is 0 Å². The minimum atomic E-state index is -0.492. The lowest BCUT2D eigenvalue weighted by atomic mass is 9.96. The summed E-state index contributed by atoms with van der Waals surface area (Å²) in [4.78, 5) is 0. The molecule has 1 atom stereocenters. The van der Waals surface area contributed by atoms with E-state index in [-0.39, 0.29) is 0 Å². The quantitative estimate of drug-likeness (QED) is 0.863. The topological polar surface area (TPSA) is 29.5 Å². The minimum absolute atomic E-state index is 0.492. The van der Waals surface area contributed by atoms with Gasteiger partial charge in [0.25, 0.3) is 0 Å². The Bertz CT molecular complexity index is 432. The van der Waals surface area contributed by atoms with Crippen LogP contribution in [0.15, 0.2) is 36.1 Å². The average Bonchev–Trinajstić information content (AvgIpc) is 3.23. The van der Waals surface area contributed by atoms with Crippen molar-refractivity contribution in [3.05, 3.63) is 47.2 Å². The molecule has 1 aromatic rings. The van der Waals surface area contributed by atoms with Gasteiger partial charge in [0.15, 0.2) is 0 Å². The summed E-state index contributed by atoms with van der Waals surface area (Å²) in [6.45, 7) is 0.776. The van der Waals surface area contributed by atoms with Gasteiger partial charge in [0.05, 0.1) is 12.9 Å². The highest BCUT2D eigenvalue weighted by atomic mass is 16.5. The fraction of sp³-hybridized carbons (Fsp3) is 0.467. The Morgan fingerprint density at radius 1 is 1.29 bits per heavy atom. The molecule has 1 aliphatic heterocycles. The molecule has 90 valence electrons. The molecule has 1 aliphatic carbocycles. The maximum absolute atomic E-state index is 10.3. The van der Waals surface area contributed by atoms with Crippen molar-refractivity contribution in [2.75, 3.05) is 6.61 Å². The number of hydrogen-bond acceptors (Lipinski definition) is 2. The lowest BCUT2D eigenvalue weighted by Gasteiger charge is -2.19. The van der Waals surface area contributed by atoms with E-state index in [9.17, 15) is 5.11 Å². The van der Waals surface area contributed by atoms with Crippen molar-refractivity contribution >= 4 is 0 Å². The first-order valence-corrected chi connectivity index (χ1v) is 6.43. The summed E-state index contributed by atoms with van der Waals surface area (Å²) in [5.74, 6) is 0.735. The van der Waals surface area contributed by atoms with Crippen molar-refractivity contribution in [2.24, 2.45) is 0 Å². The second-order valence-electron chi connectivity index (χ2n) is 5.01. The van der Waals surface area contributed by atoms with Crippen LogP contribution in [0.4, 0.5) is 0 Å². The highest BCUT2D eigenvalue weighted by Crippen LogP contribution is 2.41. The van der Waals surface area contributed by atoms with Crippen molar-refractivity contribution in [3.63, 3.8) is 0 Å². The van der Waals surface area contributed by atoms with Gasteiger partial charge in [-0.25, -0.2) is 0 Å². The maximum Gasteiger partial charge on any atom is 0.103 e. The summed E-state index contributed by atoms with van der Waals surface area (Å²) in [5, 5.41) is 10.3. The molecule has 2 heteroatoms. The predicted molar refractivity (Wildman–Crippen MR) is 66.6 cm³/mol. The molecule has 17 heavy (non-hydrogen) atoms. The van der Waals surface area contributed by atoms with E-state index < -0.39 is 6.10 Å². The van der Waals surface area contributed by atoms with Gasteiger partial charge in [-0.1, -0.05) is 24.3 Å². The zero-order valence-electron chi connectivity index (χ0n) is 9.93. The molecular formula is C15H18O2. The van der Waals surface area contributed by atoms with Crippen LogP contribution in [0.1, 0.15) is 48.8 Å². The average molecular weight is 230 g/mol. The number of aliphatic hydroxyl groups is 1. The number of aliphatic hydroxyl groups excluding tert-OH is 1. The molecule has 1 heterocycles. The molecule has 0 aromatic heterocycles. The number of ether oxygens (including phenoxy) is 1. The standard InChI is InChI=1S/C15H18O2/c16-15(14-5-2-8-17-10-14)13-4-1-3-12(9-13)11-6-7-11/h1,3-4,9-11,15-16H,2,5-8H2. The van der Waals surface area contributed by atoms with Crippen molar-refractivity contribution in [1.82, 2.24) is 0 Å². The lowest BCUT2D eigenvalue weighted by Crippen LogP contribution is -2.08. The molecule has 0 amide bonds. The van der Waals surface area contributed by atoms with Gasteiger partial charge in [0, 0.05) is 0 Å². The van der Waals surface area contributed by atoms with Gasteiger partial charge in [-0.2, -0.15) is 0 Å². The lowest BCUT2D eigenvalue weighted by molar-refractivity contribution is 0.170. The van der Waals surface area contributed by atoms with Gasteiger partial charge in [-0.15, -0.1) is 0 Å². The van der Waals surface area contributed by atoms with E-state index in [1.54, 1.807) is 6.26 Å². The summed E-state index contributed by atoms with van der Waals surface area (Å²) in [5.41, 5.74) is 3.38. The Balaban J connectivity index is 1.82. The van der Waals surface area contributed by atoms with Crippen molar-refractivity contribution in [1.29, 1.82) is 0 Å². The SMILES string of the molecule is OC(C1=COCCC1)c1cccc(C2CC2)c1. The number of hydrogen-bond donors (Lipinski definition) is 1. The van der Waals surface area contributed by atoms with Crippen LogP contribution in [0.5, 0.6) is 0 Å². The van der Waals surface area contributed by atoms with E-state index in [2.05, 4.69) is 18.2 Å². The smallest absolute Gasteiger partial charge is 0.103 e. The molecule has 3 rings (SSSR count). The molecule has 1 N–H and O–H groups in total. The Morgan fingerprint density at radius 2 is 2.18 bits per heavy atom. The molecule has 1 fully saturated rings. The second kappa shape index (κ2) is 4.53. The molecule has 1 aromatic carbocycles. The molecule has 0 spiro atoms. The van der Waals surface area contributed by atoms with Crippen LogP contribution in [0, 0.1) is 0 Å². The summed E-state index contributed by atoms with van der Waals surface area (Å²) in [6.07, 6.45) is 5.78. The van der Waals surface area contributed by atoms with Crippen LogP contribution in [-0.2, 0) is 4.74 Å². The van der Waals surface area contributed by atoms with E-state index in [4.69, 9.17) is 4.74 Å². The molecule has 1 saturated carbocycles. The minimum Gasteiger partial charge on any atom is -0.501 e. The summed E-state index contributed by atoms with van der Waals surface area (Å²) in [7, 11) is 0. The molecule has 0 saturated heterocycles. The predicted octanol–water partition coefficient (Wildman–Crippen LogP) is 3.29. The van der Waals surface area contributed by atoms with Crippen molar-refractivity contribution < 1.29 is 9.84 Å². The van der Waals surface area contributed by atoms with Crippen molar-refractivity contribution in [2.45, 2.75) is 37.7 Å².